The van der Waals surface area contributed by atoms with Crippen LogP contribution in [0.25, 0.3) is 10.9 Å². The molecule has 18 atom stereocenters. The Balaban J connectivity index is 1.19. The van der Waals surface area contributed by atoms with Gasteiger partial charge < -0.3 is 159 Å². The van der Waals surface area contributed by atoms with E-state index in [-0.39, 0.29) is 96.1 Å². The first kappa shape index (κ1) is 118. The molecular formula is C86H131N25O30S. The number of likely N-dealkylation sites (tertiary alicyclic amines) is 3. The number of aliphatic carboxylic acids is 3. The van der Waals surface area contributed by atoms with E-state index in [9.17, 15) is 145 Å². The number of hydrogen-bond acceptors (Lipinski definition) is 30. The second kappa shape index (κ2) is 58.7. The Morgan fingerprint density at radius 3 is 1.43 bits per heavy atom. The number of amides is 22. The fourth-order valence-corrected chi connectivity index (χ4v) is 15.9. The van der Waals surface area contributed by atoms with Crippen LogP contribution in [-0.4, -0.2) is 367 Å². The van der Waals surface area contributed by atoms with E-state index >= 15 is 0 Å². The highest BCUT2D eigenvalue weighted by Crippen LogP contribution is 2.26. The van der Waals surface area contributed by atoms with E-state index in [1.807, 2.05) is 0 Å². The molecule has 22 amide bonds. The van der Waals surface area contributed by atoms with Gasteiger partial charge in [-0.05, 0) is 134 Å². The minimum absolute atomic E-state index is 0.00356. The molecule has 3 aliphatic rings. The number of carboxylic acid groups (broad SMARTS) is 3. The van der Waals surface area contributed by atoms with Crippen molar-refractivity contribution in [3.63, 3.8) is 0 Å². The zero-order chi connectivity index (χ0) is 106. The van der Waals surface area contributed by atoms with E-state index in [0.29, 0.717) is 29.3 Å². The molecule has 142 heavy (non-hydrogen) atoms. The number of unbranched alkanes of at least 4 members (excludes halogenated alkanes) is 1. The molecule has 0 unspecified atom stereocenters. The van der Waals surface area contributed by atoms with Crippen LogP contribution in [0.15, 0.2) is 30.5 Å². The molecule has 32 N–H and O–H groups in total. The number of nitrogens with one attached hydrogen (secondary N) is 17. The number of carbonyl (C=O) groups is 25. The second-order valence-corrected chi connectivity index (χ2v) is 35.3. The van der Waals surface area contributed by atoms with Crippen LogP contribution in [0, 0.1) is 5.92 Å². The smallest absolute Gasteiger partial charge is 0.326 e. The Bertz CT molecular complexity index is 4910. The molecule has 3 fully saturated rings. The SMILES string of the molecule is CC[C@H](C)[C@H](NC(=O)[C@H](Cc1c[nH]c2ccccc12)NC(=O)[C@H](CCSC)NC(=O)[C@H](CCCCN)NC(=O)CNC(=O)[C@H](CO)NC(=O)[C@H](C)NC(=O)[C@@H]1CCCN1C(=O)[C@H](CCC(=O)O)NC(=O)[C@@H]1CCCN1C(=O)[C@H](CC(N)=O)NC(=O)[C@@H](N)[C@@H](C)O)C(=O)N[C@@H](C)C(=O)NCC(=O)N[C@@H](CC(=O)O)C(=O)NCC(=O)NCC(=O)N[C@@H](CC(N)=O)C(=O)N[C@@H](CCC(N)=O)C(=O)N1CCC[C@H]1C(=O)O. The lowest BCUT2D eigenvalue weighted by atomic mass is 9.96. The van der Waals surface area contributed by atoms with Crippen molar-refractivity contribution in [3.05, 3.63) is 36.0 Å². The predicted molar refractivity (Wildman–Crippen MR) is 498 cm³/mol. The Hall–Kier alpha value is -14.3. The lowest BCUT2D eigenvalue weighted by Gasteiger charge is -2.32. The molecule has 1 aromatic carbocycles. The van der Waals surface area contributed by atoms with Gasteiger partial charge in [0.15, 0.2) is 0 Å². The molecule has 2 aromatic rings. The summed E-state index contributed by atoms with van der Waals surface area (Å²) in [7, 11) is 0. The molecule has 3 saturated heterocycles. The van der Waals surface area contributed by atoms with Crippen LogP contribution in [0.5, 0.6) is 0 Å². The minimum Gasteiger partial charge on any atom is -0.481 e. The number of fused-ring (bicyclic) bond motifs is 1. The third-order valence-electron chi connectivity index (χ3n) is 23.4. The summed E-state index contributed by atoms with van der Waals surface area (Å²) in [6, 6.07) is -17.7. The molecule has 0 aliphatic carbocycles. The van der Waals surface area contributed by atoms with Gasteiger partial charge >= 0.3 is 17.9 Å². The lowest BCUT2D eigenvalue weighted by molar-refractivity contribution is -0.149. The van der Waals surface area contributed by atoms with E-state index in [1.54, 1.807) is 50.6 Å². The number of carbonyl (C=O) groups excluding carboxylic acids is 22. The van der Waals surface area contributed by atoms with Crippen molar-refractivity contribution in [2.45, 2.75) is 259 Å². The normalized spacial score (nSPS) is 17.5. The average Bonchev–Trinajstić information content (AvgIpc) is 1.65. The van der Waals surface area contributed by atoms with E-state index in [0.717, 1.165) is 14.7 Å². The maximum absolute atomic E-state index is 14.9. The first-order chi connectivity index (χ1) is 67.0. The van der Waals surface area contributed by atoms with Gasteiger partial charge in [0.2, 0.25) is 130 Å². The van der Waals surface area contributed by atoms with Crippen molar-refractivity contribution in [2.75, 3.05) is 71.0 Å². The van der Waals surface area contributed by atoms with Crippen molar-refractivity contribution in [1.29, 1.82) is 0 Å². The number of hydrogen-bond donors (Lipinski definition) is 27. The fraction of sp³-hybridized carbons (Fsp3) is 0.616. The summed E-state index contributed by atoms with van der Waals surface area (Å²) in [6.07, 6.45) is -1.62. The van der Waals surface area contributed by atoms with E-state index < -0.39 is 334 Å². The third-order valence-corrected chi connectivity index (χ3v) is 24.0. The van der Waals surface area contributed by atoms with Gasteiger partial charge in [-0.2, -0.15) is 11.8 Å². The zero-order valence-electron chi connectivity index (χ0n) is 79.4. The monoisotopic (exact) mass is 2030 g/mol. The highest BCUT2D eigenvalue weighted by molar-refractivity contribution is 7.98. The Kier molecular flexibility index (Phi) is 48.8. The number of aliphatic hydroxyl groups is 2. The van der Waals surface area contributed by atoms with Gasteiger partial charge in [-0.15, -0.1) is 0 Å². The largest absolute Gasteiger partial charge is 0.481 e. The quantitative estimate of drug-likeness (QED) is 0.0274. The molecule has 0 saturated carbocycles. The zero-order valence-corrected chi connectivity index (χ0v) is 80.2. The van der Waals surface area contributed by atoms with Crippen LogP contribution in [0.1, 0.15) is 156 Å². The first-order valence-electron chi connectivity index (χ1n) is 46.0. The van der Waals surface area contributed by atoms with E-state index in [1.165, 1.54) is 32.5 Å². The van der Waals surface area contributed by atoms with Crippen molar-refractivity contribution in [2.24, 2.45) is 34.6 Å². The predicted octanol–water partition coefficient (Wildman–Crippen LogP) is -11.9. The number of nitrogens with two attached hydrogens (primary N) is 5. The number of H-pyrrole nitrogens is 1. The molecular weight excluding hydrogens is 1900 g/mol. The summed E-state index contributed by atoms with van der Waals surface area (Å²) < 4.78 is 0. The fourth-order valence-electron chi connectivity index (χ4n) is 15.4. The van der Waals surface area contributed by atoms with Gasteiger partial charge in [0.25, 0.3) is 0 Å². The van der Waals surface area contributed by atoms with Crippen molar-refractivity contribution < 1.29 is 145 Å². The number of aromatic nitrogens is 1. The Morgan fingerprint density at radius 1 is 0.444 bits per heavy atom. The molecule has 0 spiro atoms. The summed E-state index contributed by atoms with van der Waals surface area (Å²) >= 11 is 1.28. The molecule has 1 aromatic heterocycles. The highest BCUT2D eigenvalue weighted by Gasteiger charge is 2.46. The van der Waals surface area contributed by atoms with Gasteiger partial charge in [-0.3, -0.25) is 115 Å². The van der Waals surface area contributed by atoms with Crippen LogP contribution in [0.4, 0.5) is 0 Å². The van der Waals surface area contributed by atoms with Gasteiger partial charge in [-0.25, -0.2) is 4.79 Å². The molecule has 0 radical (unpaired) electrons. The number of para-hydroxylation sites is 1. The number of carboxylic acids is 3. The number of primary amides is 3. The highest BCUT2D eigenvalue weighted by atomic mass is 32.2. The van der Waals surface area contributed by atoms with Gasteiger partial charge in [0, 0.05) is 56.0 Å². The van der Waals surface area contributed by atoms with Gasteiger partial charge in [-0.1, -0.05) is 38.5 Å². The number of nitrogens with zero attached hydrogens (tertiary/aromatic N) is 3. The molecule has 4 heterocycles. The number of aliphatic hydroxyl groups excluding tert-OH is 2. The van der Waals surface area contributed by atoms with Crippen molar-refractivity contribution in [3.8, 4) is 0 Å². The maximum Gasteiger partial charge on any atom is 0.326 e. The molecule has 3 aliphatic heterocycles. The number of benzene rings is 1. The van der Waals surface area contributed by atoms with Crippen LogP contribution in [0.3, 0.4) is 0 Å². The first-order valence-corrected chi connectivity index (χ1v) is 47.4. The Morgan fingerprint density at radius 2 is 0.894 bits per heavy atom. The van der Waals surface area contributed by atoms with E-state index in [2.05, 4.69) is 90.1 Å². The summed E-state index contributed by atoms with van der Waals surface area (Å²) in [6.45, 7) is 2.01. The van der Waals surface area contributed by atoms with Crippen LogP contribution >= 0.6 is 11.8 Å². The Labute approximate surface area is 818 Å². The molecule has 55 nitrogen and oxygen atoms in total. The third kappa shape index (κ3) is 38.0. The lowest BCUT2D eigenvalue weighted by Crippen LogP contribution is -2.60. The second-order valence-electron chi connectivity index (χ2n) is 34.4. The minimum atomic E-state index is -1.92. The topological polar surface area (TPSA) is 876 Å². The van der Waals surface area contributed by atoms with Gasteiger partial charge in [0.1, 0.15) is 96.7 Å². The summed E-state index contributed by atoms with van der Waals surface area (Å²) in [5, 5.41) is 87.4. The number of rotatable bonds is 61. The number of aromatic amines is 1. The molecule has 0 bridgehead atoms. The standard InChI is InChI=1S/C86H131N25O30S/c1-7-41(2)70(82(136)98-42(3)71(125)94-38-66(120)101-54(34-68(123)124)73(127)95-36-63(117)93-37-64(118)100-53(32-61(89)115)77(131)103-50(21-23-60(88)114)84(138)111-29-14-20-59(111)86(140)141)108-78(132)52(31-45-35-92-47-16-9-8-15-46(45)47)105-76(130)49(25-30-142-6)102-75(129)48(17-10-11-26-87)99-65(119)39-96-74(128)56(40-112)107-72(126)43(4)97-79(133)57-18-12-27-109(57)83(137)51(22-24-67(121)122)104-80(134)58-19-13-28-110(58)85(139)55(33-62(90)116)106-81(135)69(91)44(5)113/h8-9,15-16,35,41-44,48-59,69-70,92,112-113H,7,10-14,17-34,36-40,87,91H2,1-6H3,(H2,88,114)(H2,89,115)(H2,90,116)(H,93,117)(H,94,125)(H,95,127)(H,96,128)(H,97,133)(H,98,136)(H,99,119)(H,100,118)(H,101,120)(H,102,129)(H,103,131)(H,104,134)(H,105,130)(H,106,135)(H,107,126)(H,108,132)(H,121,122)(H,123,124)(H,140,141)/t41-,42-,43-,44+,48-,49-,50-,51-,52-,53-,54-,55-,56-,57-,58-,59-,69-,70-/m0/s1. The average molecular weight is 2030 g/mol. The van der Waals surface area contributed by atoms with Gasteiger partial charge in [0.05, 0.1) is 58.2 Å². The summed E-state index contributed by atoms with van der Waals surface area (Å²) in [5.74, 6) is -27.2. The summed E-state index contributed by atoms with van der Waals surface area (Å²) in [4.78, 5) is 339. The van der Waals surface area contributed by atoms with Crippen LogP contribution in [-0.2, 0) is 126 Å². The van der Waals surface area contributed by atoms with Crippen molar-refractivity contribution in [1.82, 2.24) is 105 Å². The molecule has 56 heteroatoms. The molecule has 5 rings (SSSR count). The van der Waals surface area contributed by atoms with E-state index in [4.69, 9.17) is 28.7 Å². The van der Waals surface area contributed by atoms with Crippen molar-refractivity contribution >= 4 is 171 Å². The maximum atomic E-state index is 14.9. The number of thioether (sulfide) groups is 1. The molecule has 786 valence electrons. The van der Waals surface area contributed by atoms with Crippen LogP contribution in [0.2, 0.25) is 0 Å². The van der Waals surface area contributed by atoms with Crippen LogP contribution < -0.4 is 114 Å². The summed E-state index contributed by atoms with van der Waals surface area (Å²) in [5.41, 5.74) is 28.6.